The molecular formula is C11H14O3. The Bertz CT molecular complexity index is 269. The molecule has 3 nitrogen and oxygen atoms in total. The van der Waals surface area contributed by atoms with Crippen molar-refractivity contribution in [3.05, 3.63) is 30.3 Å². The number of benzene rings is 1. The summed E-state index contributed by atoms with van der Waals surface area (Å²) in [6.07, 6.45) is 0.392. The highest BCUT2D eigenvalue weighted by molar-refractivity contribution is 5.79. The number of hydrogen-bond acceptors (Lipinski definition) is 3. The van der Waals surface area contributed by atoms with Gasteiger partial charge in [0.15, 0.2) is 5.78 Å². The topological polar surface area (TPSA) is 35.5 Å². The molecule has 1 aromatic carbocycles. The predicted molar refractivity (Wildman–Crippen MR) is 53.4 cm³/mol. The number of carbonyl (C=O) groups excluding carboxylic acids is 1. The molecule has 0 aromatic heterocycles. The van der Waals surface area contributed by atoms with E-state index in [0.29, 0.717) is 13.0 Å². The van der Waals surface area contributed by atoms with Crippen LogP contribution in [0.15, 0.2) is 30.3 Å². The van der Waals surface area contributed by atoms with E-state index in [9.17, 15) is 4.79 Å². The molecule has 0 fully saturated rings. The molecular weight excluding hydrogens is 180 g/mol. The summed E-state index contributed by atoms with van der Waals surface area (Å²) in [6.45, 7) is 0.574. The number of para-hydroxylation sites is 1. The molecule has 76 valence electrons. The first-order valence-electron chi connectivity index (χ1n) is 4.51. The van der Waals surface area contributed by atoms with Gasteiger partial charge in [-0.05, 0) is 12.1 Å². The summed E-state index contributed by atoms with van der Waals surface area (Å²) in [5, 5.41) is 0. The molecule has 0 spiro atoms. The lowest BCUT2D eigenvalue weighted by Gasteiger charge is -2.04. The van der Waals surface area contributed by atoms with Crippen molar-refractivity contribution in [2.75, 3.05) is 20.3 Å². The molecule has 14 heavy (non-hydrogen) atoms. The van der Waals surface area contributed by atoms with Crippen LogP contribution in [0.3, 0.4) is 0 Å². The van der Waals surface area contributed by atoms with Crippen molar-refractivity contribution in [3.8, 4) is 5.75 Å². The lowest BCUT2D eigenvalue weighted by molar-refractivity contribution is -0.123. The van der Waals surface area contributed by atoms with Gasteiger partial charge < -0.3 is 9.47 Å². The van der Waals surface area contributed by atoms with Gasteiger partial charge in [0.1, 0.15) is 12.4 Å². The Balaban J connectivity index is 2.19. The van der Waals surface area contributed by atoms with Crippen molar-refractivity contribution in [3.63, 3.8) is 0 Å². The number of ether oxygens (including phenoxy) is 2. The SMILES string of the molecule is COCC(=O)CCOc1ccccc1. The number of rotatable bonds is 6. The average Bonchev–Trinajstić information content (AvgIpc) is 2.20. The van der Waals surface area contributed by atoms with Gasteiger partial charge in [0, 0.05) is 13.5 Å². The molecule has 0 N–H and O–H groups in total. The molecule has 0 unspecified atom stereocenters. The molecule has 0 aliphatic rings. The number of methoxy groups -OCH3 is 1. The van der Waals surface area contributed by atoms with Gasteiger partial charge in [-0.2, -0.15) is 0 Å². The fourth-order valence-corrected chi connectivity index (χ4v) is 1.03. The predicted octanol–water partition coefficient (Wildman–Crippen LogP) is 1.67. The molecule has 0 saturated carbocycles. The summed E-state index contributed by atoms with van der Waals surface area (Å²) in [5.74, 6) is 0.848. The van der Waals surface area contributed by atoms with Crippen LogP contribution in [0.2, 0.25) is 0 Å². The maximum atomic E-state index is 11.0. The smallest absolute Gasteiger partial charge is 0.161 e. The van der Waals surface area contributed by atoms with E-state index < -0.39 is 0 Å². The second kappa shape index (κ2) is 6.16. The third kappa shape index (κ3) is 4.05. The Morgan fingerprint density at radius 2 is 2.00 bits per heavy atom. The van der Waals surface area contributed by atoms with Crippen LogP contribution in [0.25, 0.3) is 0 Å². The van der Waals surface area contributed by atoms with Gasteiger partial charge in [-0.15, -0.1) is 0 Å². The monoisotopic (exact) mass is 194 g/mol. The van der Waals surface area contributed by atoms with E-state index in [4.69, 9.17) is 9.47 Å². The van der Waals surface area contributed by atoms with Crippen molar-refractivity contribution < 1.29 is 14.3 Å². The second-order valence-electron chi connectivity index (χ2n) is 2.88. The molecule has 0 bridgehead atoms. The van der Waals surface area contributed by atoms with Crippen molar-refractivity contribution in [1.82, 2.24) is 0 Å². The van der Waals surface area contributed by atoms with E-state index in [1.54, 1.807) is 0 Å². The number of hydrogen-bond donors (Lipinski definition) is 0. The van der Waals surface area contributed by atoms with Gasteiger partial charge in [0.25, 0.3) is 0 Å². The maximum Gasteiger partial charge on any atom is 0.161 e. The zero-order chi connectivity index (χ0) is 10.2. The van der Waals surface area contributed by atoms with Gasteiger partial charge >= 0.3 is 0 Å². The van der Waals surface area contributed by atoms with Crippen molar-refractivity contribution in [2.45, 2.75) is 6.42 Å². The van der Waals surface area contributed by atoms with Gasteiger partial charge in [-0.25, -0.2) is 0 Å². The first-order valence-corrected chi connectivity index (χ1v) is 4.51. The largest absolute Gasteiger partial charge is 0.493 e. The fraction of sp³-hybridized carbons (Fsp3) is 0.364. The quantitative estimate of drug-likeness (QED) is 0.691. The summed E-state index contributed by atoms with van der Waals surface area (Å²) in [4.78, 5) is 11.0. The van der Waals surface area contributed by atoms with Gasteiger partial charge in [-0.1, -0.05) is 18.2 Å². The average molecular weight is 194 g/mol. The Kier molecular flexibility index (Phi) is 4.72. The molecule has 0 atom stereocenters. The van der Waals surface area contributed by atoms with E-state index in [1.165, 1.54) is 7.11 Å². The second-order valence-corrected chi connectivity index (χ2v) is 2.88. The summed E-state index contributed by atoms with van der Waals surface area (Å²) in [6, 6.07) is 9.43. The van der Waals surface area contributed by atoms with Crippen LogP contribution in [0.1, 0.15) is 6.42 Å². The summed E-state index contributed by atoms with van der Waals surface area (Å²) < 4.78 is 10.0. The molecule has 0 amide bonds. The van der Waals surface area contributed by atoms with Crippen LogP contribution in [0.4, 0.5) is 0 Å². The molecule has 0 heterocycles. The van der Waals surface area contributed by atoms with Crippen LogP contribution >= 0.6 is 0 Å². The Labute approximate surface area is 83.6 Å². The molecule has 0 saturated heterocycles. The Morgan fingerprint density at radius 1 is 1.29 bits per heavy atom. The van der Waals surface area contributed by atoms with Gasteiger partial charge in [0.05, 0.1) is 6.61 Å². The van der Waals surface area contributed by atoms with Crippen LogP contribution in [-0.2, 0) is 9.53 Å². The standard InChI is InChI=1S/C11H14O3/c1-13-9-10(12)7-8-14-11-5-3-2-4-6-11/h2-6H,7-9H2,1H3. The maximum absolute atomic E-state index is 11.0. The number of ketones is 1. The lowest BCUT2D eigenvalue weighted by Crippen LogP contribution is -2.11. The molecule has 1 aromatic rings. The van der Waals surface area contributed by atoms with E-state index in [2.05, 4.69) is 0 Å². The van der Waals surface area contributed by atoms with E-state index in [-0.39, 0.29) is 12.4 Å². The number of carbonyl (C=O) groups is 1. The highest BCUT2D eigenvalue weighted by Gasteiger charge is 2.00. The summed E-state index contributed by atoms with van der Waals surface area (Å²) in [5.41, 5.74) is 0. The molecule has 0 radical (unpaired) electrons. The third-order valence-corrected chi connectivity index (χ3v) is 1.70. The summed E-state index contributed by atoms with van der Waals surface area (Å²) in [7, 11) is 1.51. The van der Waals surface area contributed by atoms with E-state index >= 15 is 0 Å². The number of Topliss-reactive ketones (excluding diaryl/α,β-unsaturated/α-hetero) is 1. The van der Waals surface area contributed by atoms with Crippen LogP contribution < -0.4 is 4.74 Å². The van der Waals surface area contributed by atoms with Crippen LogP contribution in [0.5, 0.6) is 5.75 Å². The minimum atomic E-state index is 0.0587. The van der Waals surface area contributed by atoms with Gasteiger partial charge in [-0.3, -0.25) is 4.79 Å². The third-order valence-electron chi connectivity index (χ3n) is 1.70. The van der Waals surface area contributed by atoms with Crippen molar-refractivity contribution >= 4 is 5.78 Å². The van der Waals surface area contributed by atoms with Crippen molar-refractivity contribution in [1.29, 1.82) is 0 Å². The van der Waals surface area contributed by atoms with Gasteiger partial charge in [0.2, 0.25) is 0 Å². The van der Waals surface area contributed by atoms with Crippen LogP contribution in [0, 0.1) is 0 Å². The highest BCUT2D eigenvalue weighted by Crippen LogP contribution is 2.08. The highest BCUT2D eigenvalue weighted by atomic mass is 16.5. The van der Waals surface area contributed by atoms with Crippen LogP contribution in [-0.4, -0.2) is 26.1 Å². The lowest BCUT2D eigenvalue weighted by atomic mass is 10.3. The molecule has 0 aliphatic carbocycles. The first-order chi connectivity index (χ1) is 6.83. The molecule has 1 rings (SSSR count). The minimum absolute atomic E-state index is 0.0587. The molecule has 0 aliphatic heterocycles. The first kappa shape index (κ1) is 10.7. The normalized spacial score (nSPS) is 9.79. The minimum Gasteiger partial charge on any atom is -0.493 e. The fourth-order valence-electron chi connectivity index (χ4n) is 1.03. The van der Waals surface area contributed by atoms with E-state index in [0.717, 1.165) is 5.75 Å². The van der Waals surface area contributed by atoms with Crippen molar-refractivity contribution in [2.24, 2.45) is 0 Å². The van der Waals surface area contributed by atoms with E-state index in [1.807, 2.05) is 30.3 Å². The zero-order valence-corrected chi connectivity index (χ0v) is 8.23. The zero-order valence-electron chi connectivity index (χ0n) is 8.23. The molecule has 3 heteroatoms. The Morgan fingerprint density at radius 3 is 2.64 bits per heavy atom. The summed E-state index contributed by atoms with van der Waals surface area (Å²) >= 11 is 0. The Hall–Kier alpha value is -1.35.